The van der Waals surface area contributed by atoms with Crippen molar-refractivity contribution in [3.63, 3.8) is 0 Å². The fourth-order valence-electron chi connectivity index (χ4n) is 1.20. The van der Waals surface area contributed by atoms with E-state index in [1.54, 1.807) is 0 Å². The van der Waals surface area contributed by atoms with Gasteiger partial charge in [0.25, 0.3) is 0 Å². The average Bonchev–Trinajstić information content (AvgIpc) is 2.66. The highest BCUT2D eigenvalue weighted by atomic mass is 32.1. The van der Waals surface area contributed by atoms with Gasteiger partial charge >= 0.3 is 6.18 Å². The van der Waals surface area contributed by atoms with E-state index in [1.165, 1.54) is 0 Å². The SMILES string of the molecule is Fc1ccc(C(F)(F)F)cc1Nc1n[nH]c(=S)s1. The normalized spacial score (nSPS) is 11.6. The lowest BCUT2D eigenvalue weighted by molar-refractivity contribution is -0.137. The summed E-state index contributed by atoms with van der Waals surface area (Å²) in [5.74, 6) is -0.802. The van der Waals surface area contributed by atoms with Crippen molar-refractivity contribution in [3.05, 3.63) is 33.5 Å². The van der Waals surface area contributed by atoms with Crippen LogP contribution in [0.2, 0.25) is 0 Å². The van der Waals surface area contributed by atoms with Crippen LogP contribution in [0.5, 0.6) is 0 Å². The highest BCUT2D eigenvalue weighted by Crippen LogP contribution is 2.32. The van der Waals surface area contributed by atoms with Crippen molar-refractivity contribution in [1.29, 1.82) is 0 Å². The summed E-state index contributed by atoms with van der Waals surface area (Å²) >= 11 is 5.75. The molecule has 0 radical (unpaired) electrons. The number of halogens is 4. The van der Waals surface area contributed by atoms with E-state index in [0.717, 1.165) is 17.4 Å². The van der Waals surface area contributed by atoms with E-state index in [-0.39, 0.29) is 10.8 Å². The third-order valence-corrected chi connectivity index (χ3v) is 2.98. The lowest BCUT2D eigenvalue weighted by atomic mass is 10.2. The van der Waals surface area contributed by atoms with Crippen LogP contribution in [0.3, 0.4) is 0 Å². The second-order valence-electron chi connectivity index (χ2n) is 3.24. The number of alkyl halides is 3. The third-order valence-electron chi connectivity index (χ3n) is 1.97. The number of rotatable bonds is 2. The smallest absolute Gasteiger partial charge is 0.328 e. The number of benzene rings is 1. The molecule has 18 heavy (non-hydrogen) atoms. The maximum Gasteiger partial charge on any atom is 0.416 e. The van der Waals surface area contributed by atoms with Crippen LogP contribution in [0.1, 0.15) is 5.56 Å². The minimum absolute atomic E-state index is 0.193. The van der Waals surface area contributed by atoms with Crippen LogP contribution in [0, 0.1) is 9.77 Å². The fraction of sp³-hybridized carbons (Fsp3) is 0.111. The lowest BCUT2D eigenvalue weighted by Crippen LogP contribution is -2.06. The second-order valence-corrected chi connectivity index (χ2v) is 4.90. The van der Waals surface area contributed by atoms with Gasteiger partial charge in [0.15, 0.2) is 3.95 Å². The van der Waals surface area contributed by atoms with Crippen LogP contribution >= 0.6 is 23.6 Å². The number of nitrogens with one attached hydrogen (secondary N) is 2. The van der Waals surface area contributed by atoms with Crippen LogP contribution < -0.4 is 5.32 Å². The molecule has 0 atom stereocenters. The Morgan fingerprint density at radius 1 is 1.33 bits per heavy atom. The van der Waals surface area contributed by atoms with Gasteiger partial charge in [-0.1, -0.05) is 11.3 Å². The molecule has 0 amide bonds. The molecule has 2 aromatic rings. The molecule has 0 saturated heterocycles. The van der Waals surface area contributed by atoms with E-state index >= 15 is 0 Å². The maximum atomic E-state index is 13.4. The summed E-state index contributed by atoms with van der Waals surface area (Å²) in [4.78, 5) is 0. The summed E-state index contributed by atoms with van der Waals surface area (Å²) in [5, 5.41) is 8.74. The number of anilines is 2. The summed E-state index contributed by atoms with van der Waals surface area (Å²) in [6, 6.07) is 2.10. The van der Waals surface area contributed by atoms with Gasteiger partial charge in [0.05, 0.1) is 11.3 Å². The Morgan fingerprint density at radius 2 is 2.06 bits per heavy atom. The van der Waals surface area contributed by atoms with Crippen molar-refractivity contribution in [1.82, 2.24) is 10.2 Å². The van der Waals surface area contributed by atoms with Gasteiger partial charge in [-0.05, 0) is 30.4 Å². The molecule has 96 valence electrons. The quantitative estimate of drug-likeness (QED) is 0.647. The van der Waals surface area contributed by atoms with Crippen LogP contribution in [0.15, 0.2) is 18.2 Å². The first-order valence-electron chi connectivity index (χ1n) is 4.55. The molecule has 9 heteroatoms. The van der Waals surface area contributed by atoms with Gasteiger partial charge in [-0.25, -0.2) is 4.39 Å². The highest BCUT2D eigenvalue weighted by Gasteiger charge is 2.31. The number of nitrogens with zero attached hydrogens (tertiary/aromatic N) is 1. The standard InChI is InChI=1S/C9H5F4N3S2/c10-5-2-1-4(9(11,12)13)3-6(5)14-7-15-16-8(17)18-7/h1-3H,(H,14,15)(H,16,17). The van der Waals surface area contributed by atoms with Crippen molar-refractivity contribution >= 4 is 34.4 Å². The zero-order valence-corrected chi connectivity index (χ0v) is 10.1. The Kier molecular flexibility index (Phi) is 3.35. The van der Waals surface area contributed by atoms with Crippen LogP contribution in [-0.4, -0.2) is 10.2 Å². The molecular formula is C9H5F4N3S2. The van der Waals surface area contributed by atoms with E-state index < -0.39 is 17.6 Å². The van der Waals surface area contributed by atoms with E-state index in [9.17, 15) is 17.6 Å². The number of hydrogen-bond acceptors (Lipinski definition) is 4. The van der Waals surface area contributed by atoms with Crippen molar-refractivity contribution in [3.8, 4) is 0 Å². The molecule has 0 fully saturated rings. The van der Waals surface area contributed by atoms with Crippen molar-refractivity contribution in [2.45, 2.75) is 6.18 Å². The topological polar surface area (TPSA) is 40.7 Å². The molecule has 1 aromatic heterocycles. The van der Waals surface area contributed by atoms with Crippen molar-refractivity contribution in [2.75, 3.05) is 5.32 Å². The zero-order chi connectivity index (χ0) is 13.3. The van der Waals surface area contributed by atoms with E-state index in [0.29, 0.717) is 16.1 Å². The first kappa shape index (κ1) is 13.0. The van der Waals surface area contributed by atoms with Crippen molar-refractivity contribution in [2.24, 2.45) is 0 Å². The lowest BCUT2D eigenvalue weighted by Gasteiger charge is -2.09. The Hall–Kier alpha value is -1.48. The minimum atomic E-state index is -4.53. The Bertz CT molecular complexity index is 617. The predicted octanol–water partition coefficient (Wildman–Crippen LogP) is 4.10. The van der Waals surface area contributed by atoms with Gasteiger partial charge in [-0.3, -0.25) is 5.10 Å². The first-order valence-corrected chi connectivity index (χ1v) is 5.78. The Labute approximate surface area is 107 Å². The van der Waals surface area contributed by atoms with Crippen molar-refractivity contribution < 1.29 is 17.6 Å². The molecule has 1 heterocycles. The van der Waals surface area contributed by atoms with Crippen LogP contribution in [-0.2, 0) is 6.18 Å². The Balaban J connectivity index is 2.35. The number of aromatic amines is 1. The predicted molar refractivity (Wildman–Crippen MR) is 62.0 cm³/mol. The van der Waals surface area contributed by atoms with Crippen LogP contribution in [0.4, 0.5) is 28.4 Å². The molecule has 1 aromatic carbocycles. The molecule has 0 aliphatic rings. The molecule has 0 aliphatic heterocycles. The molecule has 0 unspecified atom stereocenters. The first-order chi connectivity index (χ1) is 8.36. The summed E-state index contributed by atoms with van der Waals surface area (Å²) < 4.78 is 51.1. The monoisotopic (exact) mass is 295 g/mol. The number of aromatic nitrogens is 2. The highest BCUT2D eigenvalue weighted by molar-refractivity contribution is 7.73. The third kappa shape index (κ3) is 2.85. The number of hydrogen-bond donors (Lipinski definition) is 2. The van der Waals surface area contributed by atoms with Gasteiger partial charge in [0.2, 0.25) is 5.13 Å². The molecule has 2 N–H and O–H groups in total. The molecule has 3 nitrogen and oxygen atoms in total. The second kappa shape index (κ2) is 4.65. The largest absolute Gasteiger partial charge is 0.416 e. The maximum absolute atomic E-state index is 13.4. The molecule has 0 bridgehead atoms. The number of H-pyrrole nitrogens is 1. The summed E-state index contributed by atoms with van der Waals surface area (Å²) in [6.45, 7) is 0. The van der Waals surface area contributed by atoms with Gasteiger partial charge in [0.1, 0.15) is 5.82 Å². The summed E-state index contributed by atoms with van der Waals surface area (Å²) in [7, 11) is 0. The van der Waals surface area contributed by atoms with Gasteiger partial charge < -0.3 is 5.32 Å². The van der Waals surface area contributed by atoms with Gasteiger partial charge in [-0.2, -0.15) is 13.2 Å². The van der Waals surface area contributed by atoms with Gasteiger partial charge in [-0.15, -0.1) is 5.10 Å². The van der Waals surface area contributed by atoms with Crippen LogP contribution in [0.25, 0.3) is 0 Å². The summed E-state index contributed by atoms with van der Waals surface area (Å²) in [6.07, 6.45) is -4.53. The molecular weight excluding hydrogens is 290 g/mol. The van der Waals surface area contributed by atoms with E-state index in [2.05, 4.69) is 15.5 Å². The molecule has 0 spiro atoms. The molecule has 0 aliphatic carbocycles. The average molecular weight is 295 g/mol. The fourth-order valence-corrected chi connectivity index (χ4v) is 2.00. The van der Waals surface area contributed by atoms with Gasteiger partial charge in [0, 0.05) is 0 Å². The minimum Gasteiger partial charge on any atom is -0.328 e. The molecule has 0 saturated carbocycles. The van der Waals surface area contributed by atoms with E-state index in [1.807, 2.05) is 0 Å². The molecule has 2 rings (SSSR count). The summed E-state index contributed by atoms with van der Waals surface area (Å²) in [5.41, 5.74) is -1.24. The van der Waals surface area contributed by atoms with E-state index in [4.69, 9.17) is 12.2 Å². The Morgan fingerprint density at radius 3 is 2.61 bits per heavy atom. The zero-order valence-electron chi connectivity index (χ0n) is 8.51.